The summed E-state index contributed by atoms with van der Waals surface area (Å²) in [7, 11) is 3.29. The van der Waals surface area contributed by atoms with Gasteiger partial charge in [-0.3, -0.25) is 14.6 Å². The Bertz CT molecular complexity index is 1360. The zero-order valence-corrected chi connectivity index (χ0v) is 23.2. The van der Waals surface area contributed by atoms with E-state index in [9.17, 15) is 14.4 Å². The molecule has 2 N–H and O–H groups in total. The molecule has 0 spiro atoms. The van der Waals surface area contributed by atoms with Crippen LogP contribution < -0.4 is 16.4 Å². The lowest BCUT2D eigenvalue weighted by atomic mass is 10.1. The van der Waals surface area contributed by atoms with Crippen LogP contribution in [0.4, 0.5) is 5.69 Å². The van der Waals surface area contributed by atoms with Crippen molar-refractivity contribution >= 4 is 17.5 Å². The van der Waals surface area contributed by atoms with Gasteiger partial charge in [0.05, 0.1) is 6.54 Å². The summed E-state index contributed by atoms with van der Waals surface area (Å²) in [5.41, 5.74) is 4.72. The van der Waals surface area contributed by atoms with Crippen molar-refractivity contribution in [2.45, 2.75) is 39.9 Å². The predicted molar refractivity (Wildman–Crippen MR) is 149 cm³/mol. The first-order valence-corrected chi connectivity index (χ1v) is 13.1. The molecule has 4 rings (SSSR count). The average molecular weight is 536 g/mol. The normalized spacial score (nSPS) is 13.0. The number of fused-ring (bicyclic) bond motifs is 1. The number of hydrogen-bond acceptors (Lipinski definition) is 8. The number of likely N-dealkylation sites (N-methyl/N-ethyl adjacent to an activating group) is 1. The molecule has 3 aromatic rings. The molecular formula is C28H37N7O4. The second kappa shape index (κ2) is 12.3. The molecular weight excluding hydrogens is 498 g/mol. The molecule has 11 heteroatoms. The molecule has 0 radical (unpaired) electrons. The first-order chi connectivity index (χ1) is 18.6. The summed E-state index contributed by atoms with van der Waals surface area (Å²) in [6.45, 7) is 8.33. The molecule has 2 aromatic carbocycles. The molecule has 0 aliphatic carbocycles. The van der Waals surface area contributed by atoms with E-state index in [0.29, 0.717) is 31.7 Å². The minimum absolute atomic E-state index is 0.0136. The summed E-state index contributed by atoms with van der Waals surface area (Å²) in [4.78, 5) is 39.7. The standard InChI is InChI=1S/C28H37N7O4/c1-19(2)29-12-13-34(18-26(37)33(5)35-16-22-8-6-7-9-23(22)17-35)25(36)15-30-24-11-10-21(14-20(24)3)27-31-32(4)28(38)39-27/h6-11,14,19,29-30H,12-13,15-18H2,1-5H3. The number of nitrogens with one attached hydrogen (secondary N) is 2. The Morgan fingerprint density at radius 2 is 1.79 bits per heavy atom. The van der Waals surface area contributed by atoms with Gasteiger partial charge < -0.3 is 20.0 Å². The smallest absolute Gasteiger partial charge is 0.388 e. The van der Waals surface area contributed by atoms with Gasteiger partial charge in [-0.2, -0.15) is 4.68 Å². The molecule has 1 aromatic heterocycles. The fourth-order valence-electron chi connectivity index (χ4n) is 4.47. The van der Waals surface area contributed by atoms with E-state index in [-0.39, 0.29) is 36.8 Å². The second-order valence-electron chi connectivity index (χ2n) is 10.1. The van der Waals surface area contributed by atoms with Gasteiger partial charge in [0.1, 0.15) is 6.54 Å². The molecule has 11 nitrogen and oxygen atoms in total. The maximum atomic E-state index is 13.3. The van der Waals surface area contributed by atoms with Crippen molar-refractivity contribution in [1.29, 1.82) is 0 Å². The van der Waals surface area contributed by atoms with E-state index in [1.54, 1.807) is 23.0 Å². The first-order valence-electron chi connectivity index (χ1n) is 13.1. The summed E-state index contributed by atoms with van der Waals surface area (Å²) in [6, 6.07) is 13.9. The van der Waals surface area contributed by atoms with Gasteiger partial charge in [-0.15, -0.1) is 5.10 Å². The van der Waals surface area contributed by atoms with Crippen LogP contribution in [0.5, 0.6) is 0 Å². The Labute approximate surface area is 228 Å². The molecule has 0 unspecified atom stereocenters. The van der Waals surface area contributed by atoms with Gasteiger partial charge in [-0.25, -0.2) is 9.80 Å². The topological polar surface area (TPSA) is 116 Å². The molecule has 1 aliphatic rings. The largest absolute Gasteiger partial charge is 0.437 e. The van der Waals surface area contributed by atoms with E-state index in [2.05, 4.69) is 27.9 Å². The lowest BCUT2D eigenvalue weighted by Crippen LogP contribution is -2.49. The van der Waals surface area contributed by atoms with Crippen LogP contribution in [0.15, 0.2) is 51.7 Å². The van der Waals surface area contributed by atoms with Crippen LogP contribution in [0.1, 0.15) is 30.5 Å². The Hall–Kier alpha value is -3.96. The van der Waals surface area contributed by atoms with Crippen LogP contribution in [0.25, 0.3) is 11.5 Å². The Kier molecular flexibility index (Phi) is 8.82. The predicted octanol–water partition coefficient (Wildman–Crippen LogP) is 1.98. The van der Waals surface area contributed by atoms with Gasteiger partial charge in [0.25, 0.3) is 5.91 Å². The molecule has 2 amide bonds. The maximum absolute atomic E-state index is 13.3. The molecule has 39 heavy (non-hydrogen) atoms. The first kappa shape index (κ1) is 28.1. The van der Waals surface area contributed by atoms with Gasteiger partial charge in [-0.05, 0) is 41.8 Å². The van der Waals surface area contributed by atoms with E-state index in [0.717, 1.165) is 15.9 Å². The van der Waals surface area contributed by atoms with E-state index in [1.165, 1.54) is 18.2 Å². The molecule has 1 aliphatic heterocycles. The van der Waals surface area contributed by atoms with Gasteiger partial charge in [-0.1, -0.05) is 38.1 Å². The fourth-order valence-corrected chi connectivity index (χ4v) is 4.47. The highest BCUT2D eigenvalue weighted by molar-refractivity contribution is 5.87. The summed E-state index contributed by atoms with van der Waals surface area (Å²) >= 11 is 0. The van der Waals surface area contributed by atoms with E-state index in [4.69, 9.17) is 4.42 Å². The van der Waals surface area contributed by atoms with Crippen LogP contribution in [0, 0.1) is 6.92 Å². The van der Waals surface area contributed by atoms with Crippen LogP contribution in [0.2, 0.25) is 0 Å². The highest BCUT2D eigenvalue weighted by Crippen LogP contribution is 2.24. The molecule has 0 bridgehead atoms. The Morgan fingerprint density at radius 3 is 2.38 bits per heavy atom. The second-order valence-corrected chi connectivity index (χ2v) is 10.1. The lowest BCUT2D eigenvalue weighted by molar-refractivity contribution is -0.151. The summed E-state index contributed by atoms with van der Waals surface area (Å²) in [6.07, 6.45) is 0. The Balaban J connectivity index is 1.38. The number of carbonyl (C=O) groups excluding carboxylic acids is 2. The average Bonchev–Trinajstić information content (AvgIpc) is 3.49. The van der Waals surface area contributed by atoms with Gasteiger partial charge in [0.15, 0.2) is 0 Å². The molecule has 2 heterocycles. The zero-order chi connectivity index (χ0) is 28.1. The maximum Gasteiger partial charge on any atom is 0.437 e. The third-order valence-electron chi connectivity index (χ3n) is 6.81. The number of carbonyl (C=O) groups is 2. The SMILES string of the molecule is Cc1cc(-c2nn(C)c(=O)o2)ccc1NCC(=O)N(CCNC(C)C)CC(=O)N(C)N1Cc2ccccc2C1. The number of aryl methyl sites for hydroxylation is 2. The number of aromatic nitrogens is 2. The van der Waals surface area contributed by atoms with Crippen molar-refractivity contribution in [3.05, 3.63) is 69.7 Å². The number of hydrazine groups is 1. The monoisotopic (exact) mass is 535 g/mol. The van der Waals surface area contributed by atoms with Gasteiger partial charge in [0, 0.05) is 57.6 Å². The quantitative estimate of drug-likeness (QED) is 0.383. The number of benzene rings is 2. The number of hydrogen-bond donors (Lipinski definition) is 2. The van der Waals surface area contributed by atoms with Crippen molar-refractivity contribution in [3.63, 3.8) is 0 Å². The highest BCUT2D eigenvalue weighted by Gasteiger charge is 2.27. The lowest BCUT2D eigenvalue weighted by Gasteiger charge is -2.31. The molecule has 0 saturated carbocycles. The fraction of sp³-hybridized carbons (Fsp3) is 0.429. The number of amides is 2. The van der Waals surface area contributed by atoms with E-state index in [1.807, 2.05) is 50.0 Å². The summed E-state index contributed by atoms with van der Waals surface area (Å²) in [5, 5.41) is 14.2. The van der Waals surface area contributed by atoms with Gasteiger partial charge >= 0.3 is 5.76 Å². The summed E-state index contributed by atoms with van der Waals surface area (Å²) in [5.74, 6) is -0.609. The minimum atomic E-state index is -0.531. The highest BCUT2D eigenvalue weighted by atomic mass is 16.4. The van der Waals surface area contributed by atoms with Gasteiger partial charge in [0.2, 0.25) is 11.8 Å². The number of nitrogens with zero attached hydrogens (tertiary/aromatic N) is 5. The molecule has 0 fully saturated rings. The molecule has 0 atom stereocenters. The van der Waals surface area contributed by atoms with E-state index >= 15 is 0 Å². The molecule has 0 saturated heterocycles. The van der Waals surface area contributed by atoms with Crippen LogP contribution in [0.3, 0.4) is 0 Å². The molecule has 208 valence electrons. The van der Waals surface area contributed by atoms with Crippen molar-refractivity contribution < 1.29 is 14.0 Å². The van der Waals surface area contributed by atoms with E-state index < -0.39 is 5.76 Å². The van der Waals surface area contributed by atoms with Crippen molar-refractivity contribution in [2.75, 3.05) is 38.5 Å². The van der Waals surface area contributed by atoms with Crippen molar-refractivity contribution in [2.24, 2.45) is 7.05 Å². The third-order valence-corrected chi connectivity index (χ3v) is 6.81. The summed E-state index contributed by atoms with van der Waals surface area (Å²) < 4.78 is 6.30. The number of anilines is 1. The van der Waals surface area contributed by atoms with Crippen LogP contribution >= 0.6 is 0 Å². The zero-order valence-electron chi connectivity index (χ0n) is 23.2. The van der Waals surface area contributed by atoms with Crippen molar-refractivity contribution in [3.8, 4) is 11.5 Å². The third kappa shape index (κ3) is 6.92. The minimum Gasteiger partial charge on any atom is -0.388 e. The van der Waals surface area contributed by atoms with Crippen LogP contribution in [-0.2, 0) is 29.7 Å². The number of rotatable bonds is 11. The van der Waals surface area contributed by atoms with Crippen LogP contribution in [-0.4, -0.2) is 75.8 Å². The Morgan fingerprint density at radius 1 is 1.10 bits per heavy atom. The van der Waals surface area contributed by atoms with Crippen molar-refractivity contribution in [1.82, 2.24) is 30.0 Å².